The predicted octanol–water partition coefficient (Wildman–Crippen LogP) is 3.84. The summed E-state index contributed by atoms with van der Waals surface area (Å²) in [6, 6.07) is 12.6. The number of halogens is 1. The molecule has 25 heavy (non-hydrogen) atoms. The molecule has 126 valence electrons. The number of nitrogens with zero attached hydrogens (tertiary/aromatic N) is 2. The largest absolute Gasteiger partial charge is 0.391 e. The summed E-state index contributed by atoms with van der Waals surface area (Å²) in [5.41, 5.74) is 9.11. The standard InChI is InChI=1S/C18H14FN3O2S/c1-10-21-16(12-2-4-13(5-3-12)18(23)24-25)15(17(20)22-10)11-6-8-14(19)9-7-11/h2-9,25H,1H3,(H2,20,21,22). The summed E-state index contributed by atoms with van der Waals surface area (Å²) in [5, 5.41) is 0. The van der Waals surface area contributed by atoms with Crippen LogP contribution in [0.15, 0.2) is 48.5 Å². The number of nitrogens with two attached hydrogens (primary N) is 1. The van der Waals surface area contributed by atoms with Gasteiger partial charge in [0.25, 0.3) is 0 Å². The van der Waals surface area contributed by atoms with Crippen molar-refractivity contribution in [2.24, 2.45) is 0 Å². The molecule has 7 heteroatoms. The predicted molar refractivity (Wildman–Crippen MR) is 96.4 cm³/mol. The van der Waals surface area contributed by atoms with E-state index in [9.17, 15) is 9.18 Å². The van der Waals surface area contributed by atoms with E-state index in [0.717, 1.165) is 5.56 Å². The van der Waals surface area contributed by atoms with Gasteiger partial charge in [-0.25, -0.2) is 19.2 Å². The number of rotatable bonds is 3. The number of aryl methyl sites for hydroxylation is 1. The van der Waals surface area contributed by atoms with Crippen molar-refractivity contribution in [3.8, 4) is 22.4 Å². The molecular weight excluding hydrogens is 341 g/mol. The molecule has 5 nitrogen and oxygen atoms in total. The minimum atomic E-state index is -0.549. The fourth-order valence-corrected chi connectivity index (χ4v) is 2.63. The molecule has 0 aliphatic carbocycles. The third-order valence-electron chi connectivity index (χ3n) is 3.66. The minimum absolute atomic E-state index is 0.299. The highest BCUT2D eigenvalue weighted by molar-refractivity contribution is 7.75. The molecule has 3 aromatic rings. The van der Waals surface area contributed by atoms with E-state index in [-0.39, 0.29) is 5.82 Å². The Balaban J connectivity index is 2.15. The second-order valence-corrected chi connectivity index (χ2v) is 5.53. The number of carbonyl (C=O) groups is 1. The summed E-state index contributed by atoms with van der Waals surface area (Å²) in [6.07, 6.45) is 0. The van der Waals surface area contributed by atoms with E-state index in [4.69, 9.17) is 5.73 Å². The average molecular weight is 355 g/mol. The van der Waals surface area contributed by atoms with Crippen LogP contribution in [0.4, 0.5) is 10.2 Å². The van der Waals surface area contributed by atoms with Crippen LogP contribution in [-0.2, 0) is 4.18 Å². The van der Waals surface area contributed by atoms with E-state index in [1.165, 1.54) is 12.1 Å². The van der Waals surface area contributed by atoms with Crippen molar-refractivity contribution >= 4 is 24.7 Å². The fourth-order valence-electron chi connectivity index (χ4n) is 2.52. The van der Waals surface area contributed by atoms with E-state index < -0.39 is 5.97 Å². The van der Waals surface area contributed by atoms with Crippen molar-refractivity contribution in [1.29, 1.82) is 0 Å². The highest BCUT2D eigenvalue weighted by Gasteiger charge is 2.16. The van der Waals surface area contributed by atoms with Crippen molar-refractivity contribution < 1.29 is 13.4 Å². The maximum absolute atomic E-state index is 13.2. The zero-order chi connectivity index (χ0) is 18.0. The van der Waals surface area contributed by atoms with Gasteiger partial charge in [-0.2, -0.15) is 0 Å². The highest BCUT2D eigenvalue weighted by Crippen LogP contribution is 2.34. The number of thiol groups is 1. The highest BCUT2D eigenvalue weighted by atomic mass is 32.1. The summed E-state index contributed by atoms with van der Waals surface area (Å²) in [5.74, 6) is -0.0799. The minimum Gasteiger partial charge on any atom is -0.391 e. The second kappa shape index (κ2) is 6.90. The molecule has 0 unspecified atom stereocenters. The van der Waals surface area contributed by atoms with Crippen molar-refractivity contribution in [3.63, 3.8) is 0 Å². The van der Waals surface area contributed by atoms with Gasteiger partial charge in [0.1, 0.15) is 17.5 Å². The Bertz CT molecular complexity index is 928. The van der Waals surface area contributed by atoms with Gasteiger partial charge in [-0.05, 0) is 36.8 Å². The molecule has 0 bridgehead atoms. The SMILES string of the molecule is Cc1nc(N)c(-c2ccc(F)cc2)c(-c2ccc(C(=O)OS)cc2)n1. The molecule has 0 spiro atoms. The zero-order valence-corrected chi connectivity index (χ0v) is 14.1. The van der Waals surface area contributed by atoms with Crippen molar-refractivity contribution in [3.05, 3.63) is 65.7 Å². The third-order valence-corrected chi connectivity index (χ3v) is 3.82. The number of hydrogen-bond donors (Lipinski definition) is 2. The van der Waals surface area contributed by atoms with Crippen LogP contribution in [-0.4, -0.2) is 15.9 Å². The topological polar surface area (TPSA) is 78.1 Å². The number of anilines is 1. The van der Waals surface area contributed by atoms with E-state index in [1.54, 1.807) is 43.3 Å². The van der Waals surface area contributed by atoms with Gasteiger partial charge in [0.15, 0.2) is 0 Å². The smallest absolute Gasteiger partial charge is 0.349 e. The first-order chi connectivity index (χ1) is 12.0. The number of hydrogen-bond acceptors (Lipinski definition) is 6. The van der Waals surface area contributed by atoms with Gasteiger partial charge >= 0.3 is 5.97 Å². The summed E-state index contributed by atoms with van der Waals surface area (Å²) < 4.78 is 17.6. The monoisotopic (exact) mass is 355 g/mol. The van der Waals surface area contributed by atoms with Gasteiger partial charge in [-0.15, -0.1) is 0 Å². The maximum atomic E-state index is 13.2. The van der Waals surface area contributed by atoms with Gasteiger partial charge < -0.3 is 9.92 Å². The van der Waals surface area contributed by atoms with Crippen LogP contribution in [0.2, 0.25) is 0 Å². The molecule has 0 amide bonds. The summed E-state index contributed by atoms with van der Waals surface area (Å²) in [7, 11) is 0. The van der Waals surface area contributed by atoms with Crippen LogP contribution in [0.25, 0.3) is 22.4 Å². The average Bonchev–Trinajstić information content (AvgIpc) is 2.61. The molecule has 0 atom stereocenters. The third kappa shape index (κ3) is 3.46. The number of benzene rings is 2. The first kappa shape index (κ1) is 16.9. The van der Waals surface area contributed by atoms with E-state index in [0.29, 0.717) is 34.0 Å². The summed E-state index contributed by atoms with van der Waals surface area (Å²) >= 11 is 3.50. The molecule has 1 aromatic heterocycles. The normalized spacial score (nSPS) is 10.5. The van der Waals surface area contributed by atoms with Gasteiger partial charge in [-0.3, -0.25) is 0 Å². The van der Waals surface area contributed by atoms with Gasteiger partial charge in [0, 0.05) is 18.5 Å². The Morgan fingerprint density at radius 1 is 1.04 bits per heavy atom. The molecule has 2 N–H and O–H groups in total. The van der Waals surface area contributed by atoms with Crippen molar-refractivity contribution in [2.75, 3.05) is 5.73 Å². The lowest BCUT2D eigenvalue weighted by Gasteiger charge is -2.13. The fraction of sp³-hybridized carbons (Fsp3) is 0.0556. The van der Waals surface area contributed by atoms with Crippen molar-refractivity contribution in [2.45, 2.75) is 6.92 Å². The van der Waals surface area contributed by atoms with Gasteiger partial charge in [0.2, 0.25) is 0 Å². The van der Waals surface area contributed by atoms with Crippen molar-refractivity contribution in [1.82, 2.24) is 9.97 Å². The van der Waals surface area contributed by atoms with Gasteiger partial charge in [-0.1, -0.05) is 24.3 Å². The molecule has 0 radical (unpaired) electrons. The lowest BCUT2D eigenvalue weighted by Crippen LogP contribution is -2.03. The summed E-state index contributed by atoms with van der Waals surface area (Å²) in [6.45, 7) is 1.74. The van der Waals surface area contributed by atoms with Crippen LogP contribution < -0.4 is 5.73 Å². The first-order valence-corrected chi connectivity index (χ1v) is 7.72. The Morgan fingerprint density at radius 2 is 1.64 bits per heavy atom. The van der Waals surface area contributed by atoms with Crippen LogP contribution in [0.3, 0.4) is 0 Å². The lowest BCUT2D eigenvalue weighted by molar-refractivity contribution is 0.0772. The molecule has 1 heterocycles. The molecular formula is C18H14FN3O2S. The Hall–Kier alpha value is -2.93. The molecule has 0 aliphatic rings. The summed E-state index contributed by atoms with van der Waals surface area (Å²) in [4.78, 5) is 20.2. The molecule has 0 saturated carbocycles. The molecule has 3 rings (SSSR count). The van der Waals surface area contributed by atoms with E-state index in [2.05, 4.69) is 27.1 Å². The Kier molecular flexibility index (Phi) is 4.67. The Morgan fingerprint density at radius 3 is 2.24 bits per heavy atom. The second-order valence-electron chi connectivity index (χ2n) is 5.34. The van der Waals surface area contributed by atoms with Crippen LogP contribution in [0, 0.1) is 12.7 Å². The number of nitrogen functional groups attached to an aromatic ring is 1. The van der Waals surface area contributed by atoms with E-state index in [1.807, 2.05) is 0 Å². The number of aromatic nitrogens is 2. The molecule has 0 saturated heterocycles. The maximum Gasteiger partial charge on any atom is 0.349 e. The van der Waals surface area contributed by atoms with Crippen LogP contribution in [0.5, 0.6) is 0 Å². The first-order valence-electron chi connectivity index (χ1n) is 7.36. The van der Waals surface area contributed by atoms with Crippen LogP contribution >= 0.6 is 12.9 Å². The lowest BCUT2D eigenvalue weighted by atomic mass is 9.99. The van der Waals surface area contributed by atoms with Gasteiger partial charge in [0.05, 0.1) is 16.8 Å². The molecule has 0 fully saturated rings. The van der Waals surface area contributed by atoms with E-state index >= 15 is 0 Å². The zero-order valence-electron chi connectivity index (χ0n) is 13.2. The number of carbonyl (C=O) groups excluding carboxylic acids is 1. The Labute approximate surface area is 149 Å². The quantitative estimate of drug-likeness (QED) is 0.551. The molecule has 0 aliphatic heterocycles. The van der Waals surface area contributed by atoms with Crippen LogP contribution in [0.1, 0.15) is 16.2 Å². The molecule has 2 aromatic carbocycles.